The minimum atomic E-state index is -0.250. The van der Waals surface area contributed by atoms with Crippen LogP contribution >= 0.6 is 0 Å². The number of hydrogen-bond acceptors (Lipinski definition) is 3. The summed E-state index contributed by atoms with van der Waals surface area (Å²) in [7, 11) is 0. The summed E-state index contributed by atoms with van der Waals surface area (Å²) in [6.07, 6.45) is 7.19. The predicted octanol–water partition coefficient (Wildman–Crippen LogP) is 1.68. The zero-order valence-electron chi connectivity index (χ0n) is 9.52. The second-order valence-corrected chi connectivity index (χ2v) is 6.48. The minimum absolute atomic E-state index is 0.0570. The Morgan fingerprint density at radius 2 is 2.12 bits per heavy atom. The van der Waals surface area contributed by atoms with Gasteiger partial charge in [-0.3, -0.25) is 9.59 Å². The summed E-state index contributed by atoms with van der Waals surface area (Å²) < 4.78 is 4.91. The standard InChI is InChI=1S/C14H14O3/c15-12-10-7-4-9-6-1-2-8(3-6)14(9,5-7)11(10)13(16)17-12/h4,6-8,10-11H,1-3,5H2/t6?,7?,8?,10-,11+,14?/m0/s1. The fourth-order valence-corrected chi connectivity index (χ4v) is 5.86. The lowest BCUT2D eigenvalue weighted by atomic mass is 9.63. The van der Waals surface area contributed by atoms with Gasteiger partial charge in [0.15, 0.2) is 0 Å². The zero-order chi connectivity index (χ0) is 11.4. The normalized spacial score (nSPS) is 57.2. The maximum Gasteiger partial charge on any atom is 0.318 e. The third-order valence-electron chi connectivity index (χ3n) is 6.21. The lowest BCUT2D eigenvalue weighted by Gasteiger charge is -2.38. The molecule has 0 aromatic rings. The molecule has 4 aliphatic carbocycles. The Labute approximate surface area is 99.2 Å². The van der Waals surface area contributed by atoms with Crippen LogP contribution in [0.3, 0.4) is 0 Å². The van der Waals surface area contributed by atoms with Gasteiger partial charge in [0, 0.05) is 5.41 Å². The van der Waals surface area contributed by atoms with Crippen molar-refractivity contribution in [3.8, 4) is 0 Å². The number of carbonyl (C=O) groups is 2. The summed E-state index contributed by atoms with van der Waals surface area (Å²) in [6, 6.07) is 0. The van der Waals surface area contributed by atoms with Crippen molar-refractivity contribution >= 4 is 11.9 Å². The van der Waals surface area contributed by atoms with Crippen LogP contribution < -0.4 is 0 Å². The molecule has 4 fully saturated rings. The highest BCUT2D eigenvalue weighted by Crippen LogP contribution is 2.75. The van der Waals surface area contributed by atoms with Gasteiger partial charge in [0.1, 0.15) is 0 Å². The molecule has 3 nitrogen and oxygen atoms in total. The molecule has 88 valence electrons. The van der Waals surface area contributed by atoms with E-state index in [0.29, 0.717) is 11.8 Å². The van der Waals surface area contributed by atoms with Crippen molar-refractivity contribution in [2.24, 2.45) is 35.0 Å². The molecular formula is C14H14O3. The summed E-state index contributed by atoms with van der Waals surface area (Å²) in [5.41, 5.74) is 1.59. The first-order valence-corrected chi connectivity index (χ1v) is 6.69. The molecule has 6 atom stereocenters. The molecular weight excluding hydrogens is 216 g/mol. The highest BCUT2D eigenvalue weighted by molar-refractivity contribution is 5.99. The van der Waals surface area contributed by atoms with Crippen molar-refractivity contribution in [3.63, 3.8) is 0 Å². The molecule has 4 bridgehead atoms. The van der Waals surface area contributed by atoms with E-state index in [1.807, 2.05) is 0 Å². The quantitative estimate of drug-likeness (QED) is 0.361. The van der Waals surface area contributed by atoms with Gasteiger partial charge in [0.2, 0.25) is 0 Å². The summed E-state index contributed by atoms with van der Waals surface area (Å²) in [6.45, 7) is 0. The number of esters is 2. The number of hydrogen-bond donors (Lipinski definition) is 0. The third kappa shape index (κ3) is 0.712. The Morgan fingerprint density at radius 1 is 1.24 bits per heavy atom. The lowest BCUT2D eigenvalue weighted by molar-refractivity contribution is -0.155. The first kappa shape index (κ1) is 8.90. The zero-order valence-corrected chi connectivity index (χ0v) is 9.52. The molecule has 1 heterocycles. The van der Waals surface area contributed by atoms with Gasteiger partial charge in [-0.1, -0.05) is 11.6 Å². The molecule has 5 rings (SSSR count). The smallest absolute Gasteiger partial charge is 0.318 e. The average Bonchev–Trinajstić information content (AvgIpc) is 3.01. The monoisotopic (exact) mass is 230 g/mol. The van der Waals surface area contributed by atoms with E-state index < -0.39 is 0 Å². The Kier molecular flexibility index (Phi) is 1.23. The largest absolute Gasteiger partial charge is 0.393 e. The van der Waals surface area contributed by atoms with E-state index in [9.17, 15) is 9.59 Å². The Balaban J connectivity index is 1.75. The van der Waals surface area contributed by atoms with E-state index in [4.69, 9.17) is 4.74 Å². The number of carbonyl (C=O) groups excluding carboxylic acids is 2. The third-order valence-corrected chi connectivity index (χ3v) is 6.21. The minimum Gasteiger partial charge on any atom is -0.393 e. The molecule has 0 aromatic heterocycles. The highest BCUT2D eigenvalue weighted by atomic mass is 16.6. The van der Waals surface area contributed by atoms with E-state index in [-0.39, 0.29) is 29.2 Å². The number of fused-ring (bicyclic) bond motifs is 6. The Morgan fingerprint density at radius 3 is 3.00 bits per heavy atom. The van der Waals surface area contributed by atoms with Crippen LogP contribution in [0.4, 0.5) is 0 Å². The summed E-state index contributed by atoms with van der Waals surface area (Å²) in [5.74, 6) is 0.950. The molecule has 3 heteroatoms. The van der Waals surface area contributed by atoms with Gasteiger partial charge in [-0.15, -0.1) is 0 Å². The van der Waals surface area contributed by atoms with E-state index >= 15 is 0 Å². The topological polar surface area (TPSA) is 43.4 Å². The molecule has 5 aliphatic rings. The number of allylic oxidation sites excluding steroid dienone is 2. The molecule has 0 amide bonds. The molecule has 3 saturated carbocycles. The van der Waals surface area contributed by atoms with Crippen LogP contribution in [0.1, 0.15) is 25.7 Å². The van der Waals surface area contributed by atoms with Gasteiger partial charge >= 0.3 is 11.9 Å². The van der Waals surface area contributed by atoms with Gasteiger partial charge in [-0.25, -0.2) is 0 Å². The molecule has 0 aromatic carbocycles. The van der Waals surface area contributed by atoms with Gasteiger partial charge in [0.05, 0.1) is 11.8 Å². The highest BCUT2D eigenvalue weighted by Gasteiger charge is 2.73. The molecule has 1 aliphatic heterocycles. The second-order valence-electron chi connectivity index (χ2n) is 6.48. The van der Waals surface area contributed by atoms with Crippen LogP contribution in [0, 0.1) is 35.0 Å². The molecule has 0 radical (unpaired) electrons. The lowest BCUT2D eigenvalue weighted by Crippen LogP contribution is -2.38. The van der Waals surface area contributed by atoms with Crippen LogP contribution in [0.25, 0.3) is 0 Å². The number of ether oxygens (including phenoxy) is 1. The first-order chi connectivity index (χ1) is 8.22. The van der Waals surface area contributed by atoms with Gasteiger partial charge in [-0.2, -0.15) is 0 Å². The second kappa shape index (κ2) is 2.36. The van der Waals surface area contributed by atoms with Crippen LogP contribution in [0.15, 0.2) is 11.6 Å². The fourth-order valence-electron chi connectivity index (χ4n) is 5.86. The van der Waals surface area contributed by atoms with E-state index in [1.54, 1.807) is 0 Å². The van der Waals surface area contributed by atoms with E-state index in [2.05, 4.69) is 6.08 Å². The van der Waals surface area contributed by atoms with Crippen LogP contribution in [0.5, 0.6) is 0 Å². The van der Waals surface area contributed by atoms with Crippen LogP contribution in [0.2, 0.25) is 0 Å². The van der Waals surface area contributed by atoms with E-state index in [1.165, 1.54) is 24.8 Å². The number of cyclic esters (lactones) is 2. The van der Waals surface area contributed by atoms with Crippen molar-refractivity contribution in [1.29, 1.82) is 0 Å². The number of rotatable bonds is 0. The Bertz CT molecular complexity index is 506. The van der Waals surface area contributed by atoms with E-state index in [0.717, 1.165) is 12.3 Å². The maximum absolute atomic E-state index is 12.0. The van der Waals surface area contributed by atoms with Crippen molar-refractivity contribution in [2.45, 2.75) is 25.7 Å². The predicted molar refractivity (Wildman–Crippen MR) is 57.5 cm³/mol. The molecule has 1 spiro atoms. The van der Waals surface area contributed by atoms with Crippen LogP contribution in [-0.4, -0.2) is 11.9 Å². The summed E-state index contributed by atoms with van der Waals surface area (Å²) >= 11 is 0. The first-order valence-electron chi connectivity index (χ1n) is 6.69. The van der Waals surface area contributed by atoms with Gasteiger partial charge < -0.3 is 4.74 Å². The van der Waals surface area contributed by atoms with Crippen LogP contribution in [-0.2, 0) is 14.3 Å². The summed E-state index contributed by atoms with van der Waals surface area (Å²) in [5, 5.41) is 0. The molecule has 4 unspecified atom stereocenters. The van der Waals surface area contributed by atoms with Crippen molar-refractivity contribution < 1.29 is 14.3 Å². The van der Waals surface area contributed by atoms with Crippen molar-refractivity contribution in [1.82, 2.24) is 0 Å². The SMILES string of the molecule is O=C1OC(=O)[C@H]2[C@@H]1C1C=C3C4CCC(C4)C32C1. The van der Waals surface area contributed by atoms with Gasteiger partial charge in [-0.05, 0) is 43.4 Å². The summed E-state index contributed by atoms with van der Waals surface area (Å²) in [4.78, 5) is 23.8. The molecule has 0 N–H and O–H groups in total. The van der Waals surface area contributed by atoms with Crippen molar-refractivity contribution in [3.05, 3.63) is 11.6 Å². The van der Waals surface area contributed by atoms with Crippen molar-refractivity contribution in [2.75, 3.05) is 0 Å². The molecule has 1 saturated heterocycles. The average molecular weight is 230 g/mol. The maximum atomic E-state index is 12.0. The molecule has 17 heavy (non-hydrogen) atoms. The fraction of sp³-hybridized carbons (Fsp3) is 0.714. The van der Waals surface area contributed by atoms with Gasteiger partial charge in [0.25, 0.3) is 0 Å². The Hall–Kier alpha value is -1.12.